The zero-order valence-electron chi connectivity index (χ0n) is 18.0. The van der Waals surface area contributed by atoms with Crippen LogP contribution in [-0.4, -0.2) is 83.0 Å². The van der Waals surface area contributed by atoms with Crippen LogP contribution in [0.5, 0.6) is 5.75 Å². The Labute approximate surface area is 189 Å². The second-order valence-electron chi connectivity index (χ2n) is 8.31. The summed E-state index contributed by atoms with van der Waals surface area (Å²) in [5.41, 5.74) is -0.944. The second kappa shape index (κ2) is 9.52. The van der Waals surface area contributed by atoms with Gasteiger partial charge in [0.25, 0.3) is 0 Å². The van der Waals surface area contributed by atoms with Crippen LogP contribution in [0.3, 0.4) is 0 Å². The van der Waals surface area contributed by atoms with Crippen molar-refractivity contribution in [3.8, 4) is 5.75 Å². The van der Waals surface area contributed by atoms with Gasteiger partial charge in [0.1, 0.15) is 11.6 Å². The number of carbonyl (C=O) groups excluding carboxylic acids is 1. The summed E-state index contributed by atoms with van der Waals surface area (Å²) in [7, 11) is 0. The number of benzene rings is 1. The van der Waals surface area contributed by atoms with Gasteiger partial charge in [0, 0.05) is 51.7 Å². The van der Waals surface area contributed by atoms with Gasteiger partial charge in [-0.1, -0.05) is 12.1 Å². The molecule has 4 rings (SSSR count). The molecular weight excluding hydrogens is 439 g/mol. The number of ether oxygens (including phenoxy) is 1. The van der Waals surface area contributed by atoms with Crippen LogP contribution in [0.1, 0.15) is 18.4 Å². The van der Waals surface area contributed by atoms with Crippen LogP contribution in [0.4, 0.5) is 19.0 Å². The van der Waals surface area contributed by atoms with Crippen molar-refractivity contribution in [2.75, 3.05) is 50.7 Å². The van der Waals surface area contributed by atoms with Crippen molar-refractivity contribution in [3.05, 3.63) is 48.4 Å². The number of rotatable bonds is 5. The molecule has 1 aromatic carbocycles. The first-order chi connectivity index (χ1) is 15.7. The average molecular weight is 465 g/mol. The second-order valence-corrected chi connectivity index (χ2v) is 8.31. The van der Waals surface area contributed by atoms with E-state index in [1.54, 1.807) is 29.6 Å². The number of nitrogens with zero attached hydrogens (tertiary/aromatic N) is 5. The monoisotopic (exact) mass is 465 g/mol. The number of amides is 1. The molecule has 0 unspecified atom stereocenters. The molecular formula is C22H26F3N5O3. The minimum absolute atomic E-state index is 0.0147. The molecule has 1 amide bonds. The zero-order valence-corrected chi connectivity index (χ0v) is 18.0. The van der Waals surface area contributed by atoms with Crippen molar-refractivity contribution in [2.24, 2.45) is 0 Å². The van der Waals surface area contributed by atoms with Gasteiger partial charge in [-0.05, 0) is 30.5 Å². The smallest absolute Gasteiger partial charge is 0.406 e. The average Bonchev–Trinajstić information content (AvgIpc) is 2.80. The molecule has 0 atom stereocenters. The zero-order chi connectivity index (χ0) is 23.5. The Kier molecular flexibility index (Phi) is 6.71. The number of hydrogen-bond acceptors (Lipinski definition) is 7. The highest BCUT2D eigenvalue weighted by Crippen LogP contribution is 2.35. The summed E-state index contributed by atoms with van der Waals surface area (Å²) in [6.07, 6.45) is 0.703. The maximum absolute atomic E-state index is 12.8. The highest BCUT2D eigenvalue weighted by atomic mass is 19.4. The van der Waals surface area contributed by atoms with Gasteiger partial charge in [-0.15, -0.1) is 13.2 Å². The van der Waals surface area contributed by atoms with Gasteiger partial charge in [0.05, 0.1) is 18.3 Å². The van der Waals surface area contributed by atoms with Gasteiger partial charge in [0.15, 0.2) is 0 Å². The molecule has 1 aromatic heterocycles. The highest BCUT2D eigenvalue weighted by Gasteiger charge is 2.37. The van der Waals surface area contributed by atoms with Gasteiger partial charge in [-0.2, -0.15) is 0 Å². The molecule has 2 saturated heterocycles. The summed E-state index contributed by atoms with van der Waals surface area (Å²) in [5.74, 6) is 0.440. The summed E-state index contributed by atoms with van der Waals surface area (Å²) in [6.45, 7) is 3.92. The number of aromatic nitrogens is 2. The van der Waals surface area contributed by atoms with E-state index in [4.69, 9.17) is 0 Å². The van der Waals surface area contributed by atoms with E-state index < -0.39 is 12.0 Å². The third-order valence-corrected chi connectivity index (χ3v) is 6.15. The first-order valence-electron chi connectivity index (χ1n) is 10.8. The molecule has 0 bridgehead atoms. The molecule has 8 nitrogen and oxygen atoms in total. The first-order valence-corrected chi connectivity index (χ1v) is 10.8. The van der Waals surface area contributed by atoms with Gasteiger partial charge in [-0.25, -0.2) is 4.98 Å². The number of halogens is 3. The van der Waals surface area contributed by atoms with E-state index in [2.05, 4.69) is 24.5 Å². The summed E-state index contributed by atoms with van der Waals surface area (Å²) in [5, 5.41) is 11.0. The standard InChI is InChI=1S/C22H26F3N5O3/c23-22(24,25)33-18-3-1-2-17(14-18)21(32)4-8-30(9-5-21)20(31)16-28-10-12-29(13-11-28)19-15-26-6-7-27-19/h1-3,6-7,14-15,32H,4-5,8-13,16H2. The van der Waals surface area contributed by atoms with E-state index in [-0.39, 0.29) is 24.5 Å². The van der Waals surface area contributed by atoms with Crippen LogP contribution in [0.2, 0.25) is 0 Å². The largest absolute Gasteiger partial charge is 0.573 e. The summed E-state index contributed by atoms with van der Waals surface area (Å²) in [4.78, 5) is 27.1. The molecule has 0 saturated carbocycles. The van der Waals surface area contributed by atoms with Gasteiger partial charge in [-0.3, -0.25) is 14.7 Å². The topological polar surface area (TPSA) is 82.0 Å². The summed E-state index contributed by atoms with van der Waals surface area (Å²) in [6, 6.07) is 5.41. The Balaban J connectivity index is 1.27. The lowest BCUT2D eigenvalue weighted by atomic mass is 9.84. The molecule has 1 N–H and O–H groups in total. The molecule has 2 aliphatic rings. The van der Waals surface area contributed by atoms with Crippen LogP contribution in [0, 0.1) is 0 Å². The predicted octanol–water partition coefficient (Wildman–Crippen LogP) is 2.01. The normalized spacial score (nSPS) is 19.4. The molecule has 178 valence electrons. The fraction of sp³-hybridized carbons (Fsp3) is 0.500. The van der Waals surface area contributed by atoms with Crippen molar-refractivity contribution in [2.45, 2.75) is 24.8 Å². The maximum Gasteiger partial charge on any atom is 0.573 e. The molecule has 11 heteroatoms. The third-order valence-electron chi connectivity index (χ3n) is 6.15. The number of alkyl halides is 3. The molecule has 0 radical (unpaired) electrons. The highest BCUT2D eigenvalue weighted by molar-refractivity contribution is 5.78. The van der Waals surface area contributed by atoms with Crippen molar-refractivity contribution in [1.29, 1.82) is 0 Å². The molecule has 33 heavy (non-hydrogen) atoms. The van der Waals surface area contributed by atoms with E-state index in [0.29, 0.717) is 25.2 Å². The maximum atomic E-state index is 12.8. The SMILES string of the molecule is O=C(CN1CCN(c2cnccn2)CC1)N1CCC(O)(c2cccc(OC(F)(F)F)c2)CC1. The number of piperazine rings is 1. The van der Waals surface area contributed by atoms with E-state index >= 15 is 0 Å². The summed E-state index contributed by atoms with van der Waals surface area (Å²) < 4.78 is 41.5. The number of piperidine rings is 1. The minimum Gasteiger partial charge on any atom is -0.406 e. The lowest BCUT2D eigenvalue weighted by Gasteiger charge is -2.40. The molecule has 2 fully saturated rings. The molecule has 0 aliphatic carbocycles. The predicted molar refractivity (Wildman–Crippen MR) is 114 cm³/mol. The summed E-state index contributed by atoms with van der Waals surface area (Å²) >= 11 is 0. The number of carbonyl (C=O) groups is 1. The van der Waals surface area contributed by atoms with E-state index in [9.17, 15) is 23.1 Å². The van der Waals surface area contributed by atoms with Crippen molar-refractivity contribution >= 4 is 11.7 Å². The molecule has 3 heterocycles. The van der Waals surface area contributed by atoms with Gasteiger partial charge in [0.2, 0.25) is 5.91 Å². The third kappa shape index (κ3) is 5.91. The van der Waals surface area contributed by atoms with Crippen LogP contribution in [0.25, 0.3) is 0 Å². The van der Waals surface area contributed by atoms with Crippen LogP contribution in [0.15, 0.2) is 42.9 Å². The quantitative estimate of drug-likeness (QED) is 0.724. The lowest BCUT2D eigenvalue weighted by molar-refractivity contribution is -0.274. The van der Waals surface area contributed by atoms with Crippen molar-refractivity contribution in [1.82, 2.24) is 19.8 Å². The lowest BCUT2D eigenvalue weighted by Crippen LogP contribution is -2.52. The Bertz CT molecular complexity index is 944. The van der Waals surface area contributed by atoms with Gasteiger partial charge >= 0.3 is 6.36 Å². The van der Waals surface area contributed by atoms with Crippen LogP contribution < -0.4 is 9.64 Å². The minimum atomic E-state index is -4.79. The van der Waals surface area contributed by atoms with Crippen LogP contribution in [-0.2, 0) is 10.4 Å². The van der Waals surface area contributed by atoms with Gasteiger partial charge < -0.3 is 19.6 Å². The fourth-order valence-electron chi connectivity index (χ4n) is 4.28. The number of aliphatic hydroxyl groups is 1. The van der Waals surface area contributed by atoms with Crippen LogP contribution >= 0.6 is 0 Å². The van der Waals surface area contributed by atoms with Crippen molar-refractivity contribution in [3.63, 3.8) is 0 Å². The Hall–Kier alpha value is -2.92. The number of hydrogen-bond donors (Lipinski definition) is 1. The molecule has 2 aliphatic heterocycles. The van der Waals surface area contributed by atoms with E-state index in [1.807, 2.05) is 0 Å². The number of likely N-dealkylation sites (tertiary alicyclic amines) is 1. The molecule has 2 aromatic rings. The molecule has 0 spiro atoms. The van der Waals surface area contributed by atoms with E-state index in [1.165, 1.54) is 18.2 Å². The Morgan fingerprint density at radius 1 is 1.09 bits per heavy atom. The Morgan fingerprint density at radius 2 is 1.82 bits per heavy atom. The fourth-order valence-corrected chi connectivity index (χ4v) is 4.28. The van der Waals surface area contributed by atoms with Crippen molar-refractivity contribution < 1.29 is 27.8 Å². The number of anilines is 1. The van der Waals surface area contributed by atoms with E-state index in [0.717, 1.165) is 32.0 Å². The Morgan fingerprint density at radius 3 is 2.45 bits per heavy atom. The first kappa shape index (κ1) is 23.2.